The Labute approximate surface area is 268 Å². The van der Waals surface area contributed by atoms with E-state index >= 15 is 0 Å². The Morgan fingerprint density at radius 2 is 1.54 bits per heavy atom. The summed E-state index contributed by atoms with van der Waals surface area (Å²) in [6.45, 7) is 7.83. The van der Waals surface area contributed by atoms with Crippen molar-refractivity contribution in [2.24, 2.45) is 0 Å². The molecule has 3 aromatic rings. The number of aromatic amines is 1. The topological polar surface area (TPSA) is 182 Å². The van der Waals surface area contributed by atoms with Crippen molar-refractivity contribution in [3.05, 3.63) is 66.9 Å². The lowest BCUT2D eigenvalue weighted by Gasteiger charge is -2.47. The van der Waals surface area contributed by atoms with Crippen LogP contribution in [0.15, 0.2) is 61.1 Å². The van der Waals surface area contributed by atoms with E-state index in [0.717, 1.165) is 34.0 Å². The number of imidazole rings is 1. The first-order valence-corrected chi connectivity index (χ1v) is 13.9. The largest absolute Gasteiger partial charge is 0.490 e. The Morgan fingerprint density at radius 3 is 2.06 bits per heavy atom. The lowest BCUT2D eigenvalue weighted by Crippen LogP contribution is -2.58. The number of anilines is 2. The molecule has 0 fully saturated rings. The smallest absolute Gasteiger partial charge is 0.475 e. The van der Waals surface area contributed by atoms with Gasteiger partial charge in [-0.25, -0.2) is 24.4 Å². The van der Waals surface area contributed by atoms with Crippen molar-refractivity contribution in [3.63, 3.8) is 0 Å². The van der Waals surface area contributed by atoms with Gasteiger partial charge in [0.25, 0.3) is 0 Å². The Morgan fingerprint density at radius 1 is 0.938 bits per heavy atom. The van der Waals surface area contributed by atoms with Crippen molar-refractivity contribution in [2.75, 3.05) is 5.32 Å². The maximum Gasteiger partial charge on any atom is 0.490 e. The Bertz CT molecular complexity index is 1640. The monoisotopic (exact) mass is 684 g/mol. The molecule has 0 bridgehead atoms. The number of carboxylic acid groups (broad SMARTS) is 3. The first-order valence-electron chi connectivity index (χ1n) is 13.9. The highest BCUT2D eigenvalue weighted by Gasteiger charge is 2.48. The van der Waals surface area contributed by atoms with E-state index in [4.69, 9.17) is 24.8 Å². The zero-order valence-electron chi connectivity index (χ0n) is 25.7. The number of aromatic nitrogens is 4. The molecule has 2 atom stereocenters. The molecular weight excluding hydrogens is 654 g/mol. The van der Waals surface area contributed by atoms with Crippen LogP contribution in [0, 0.1) is 0 Å². The molecule has 258 valence electrons. The molecule has 0 spiro atoms. The molecule has 4 heterocycles. The number of carbonyl (C=O) groups is 3. The van der Waals surface area contributed by atoms with E-state index in [2.05, 4.69) is 33.3 Å². The Kier molecular flexibility index (Phi) is 10.6. The van der Waals surface area contributed by atoms with Crippen LogP contribution >= 0.6 is 0 Å². The van der Waals surface area contributed by atoms with Crippen LogP contribution in [0.4, 0.5) is 42.6 Å². The summed E-state index contributed by atoms with van der Waals surface area (Å²) in [7, 11) is 0. The third-order valence-electron chi connectivity index (χ3n) is 7.15. The predicted octanol–water partition coefficient (Wildman–Crippen LogP) is 6.78. The van der Waals surface area contributed by atoms with Crippen LogP contribution in [0.1, 0.15) is 39.9 Å². The average molecular weight is 685 g/mol. The third kappa shape index (κ3) is 7.92. The van der Waals surface area contributed by atoms with Crippen LogP contribution < -0.4 is 5.32 Å². The third-order valence-corrected chi connectivity index (χ3v) is 7.15. The van der Waals surface area contributed by atoms with Gasteiger partial charge in [-0.1, -0.05) is 31.2 Å². The van der Waals surface area contributed by atoms with E-state index in [1.54, 1.807) is 18.6 Å². The number of pyridine rings is 2. The summed E-state index contributed by atoms with van der Waals surface area (Å²) < 4.78 is 63.5. The van der Waals surface area contributed by atoms with Crippen LogP contribution in [-0.4, -0.2) is 82.1 Å². The number of H-pyrrole nitrogens is 1. The molecule has 3 aromatic heterocycles. The van der Waals surface area contributed by atoms with Crippen molar-refractivity contribution in [1.29, 1.82) is 0 Å². The summed E-state index contributed by atoms with van der Waals surface area (Å²) in [6.07, 6.45) is 2.73. The zero-order valence-corrected chi connectivity index (χ0v) is 25.7. The van der Waals surface area contributed by atoms with Gasteiger partial charge in [-0.3, -0.25) is 9.88 Å². The zero-order chi connectivity index (χ0) is 36.2. The minimum absolute atomic E-state index is 0.432. The molecule has 0 radical (unpaired) electrons. The van der Waals surface area contributed by atoms with Gasteiger partial charge in [-0.2, -0.15) is 26.3 Å². The van der Waals surface area contributed by atoms with E-state index in [9.17, 15) is 36.2 Å². The average Bonchev–Trinajstić information content (AvgIpc) is 3.37. The maximum atomic E-state index is 12.5. The number of fused-ring (bicyclic) bond motifs is 5. The maximum absolute atomic E-state index is 12.5. The molecule has 2 aliphatic rings. The molecule has 18 heteroatoms. The summed E-state index contributed by atoms with van der Waals surface area (Å²) in [4.78, 5) is 49.3. The standard InChI is InChI=1S/C26H28N6O2.2C2HF3O2/c1-5-26(12-7-6-10-19(26)32(24(33)34)25(2,3)4)23-30-20-16-11-14-27-15-18(16)29-22-17(21(20)31-23)9-8-13-28-22;2*3-2(4,5)1(6)7/h6-15,19H,5H2,1-4H3,(H,28,29)(H,30,31)(H,33,34);2*(H,6,7). The highest BCUT2D eigenvalue weighted by Crippen LogP contribution is 2.46. The lowest BCUT2D eigenvalue weighted by molar-refractivity contribution is -0.193. The van der Waals surface area contributed by atoms with Crippen LogP contribution in [0.25, 0.3) is 22.5 Å². The lowest BCUT2D eigenvalue weighted by atomic mass is 9.72. The van der Waals surface area contributed by atoms with Gasteiger partial charge in [0.2, 0.25) is 0 Å². The van der Waals surface area contributed by atoms with E-state index in [-0.39, 0.29) is 0 Å². The molecule has 5 N–H and O–H groups in total. The van der Waals surface area contributed by atoms with Gasteiger partial charge in [0.15, 0.2) is 0 Å². The van der Waals surface area contributed by atoms with E-state index in [0.29, 0.717) is 12.2 Å². The number of amides is 1. The quantitative estimate of drug-likeness (QED) is 0.144. The second kappa shape index (κ2) is 13.7. The fourth-order valence-electron chi connectivity index (χ4n) is 5.04. The number of halogens is 6. The van der Waals surface area contributed by atoms with Gasteiger partial charge in [-0.05, 0) is 45.4 Å². The molecule has 0 aromatic carbocycles. The van der Waals surface area contributed by atoms with Crippen molar-refractivity contribution in [3.8, 4) is 22.5 Å². The molecule has 1 aliphatic heterocycles. The first kappa shape index (κ1) is 37.0. The number of rotatable bonds is 3. The summed E-state index contributed by atoms with van der Waals surface area (Å²) in [5.41, 5.74) is 3.01. The van der Waals surface area contributed by atoms with Crippen molar-refractivity contribution < 1.29 is 56.0 Å². The highest BCUT2D eigenvalue weighted by atomic mass is 19.4. The molecule has 1 aliphatic carbocycles. The second-order valence-electron chi connectivity index (χ2n) is 11.3. The number of nitrogens with zero attached hydrogens (tertiary/aromatic N) is 4. The number of hydrogen-bond acceptors (Lipinski definition) is 7. The fourth-order valence-corrected chi connectivity index (χ4v) is 5.04. The van der Waals surface area contributed by atoms with Gasteiger partial charge < -0.3 is 25.6 Å². The normalized spacial score (nSPS) is 17.8. The van der Waals surface area contributed by atoms with Crippen LogP contribution in [0.3, 0.4) is 0 Å². The van der Waals surface area contributed by atoms with Gasteiger partial charge in [0, 0.05) is 29.1 Å². The molecule has 0 saturated heterocycles. The van der Waals surface area contributed by atoms with E-state index < -0.39 is 47.4 Å². The summed E-state index contributed by atoms with van der Waals surface area (Å²) in [6, 6.07) is 5.39. The van der Waals surface area contributed by atoms with Gasteiger partial charge >= 0.3 is 30.4 Å². The number of hydrogen-bond donors (Lipinski definition) is 5. The summed E-state index contributed by atoms with van der Waals surface area (Å²) in [5.74, 6) is -4.09. The summed E-state index contributed by atoms with van der Waals surface area (Å²) >= 11 is 0. The molecule has 1 amide bonds. The fraction of sp³-hybridized carbons (Fsp3) is 0.333. The number of nitrogens with one attached hydrogen (secondary N) is 2. The number of aliphatic carboxylic acids is 2. The Balaban J connectivity index is 0.000000376. The van der Waals surface area contributed by atoms with Gasteiger partial charge in [0.05, 0.1) is 29.0 Å². The number of carboxylic acids is 2. The second-order valence-corrected chi connectivity index (χ2v) is 11.3. The minimum Gasteiger partial charge on any atom is -0.475 e. The Hall–Kier alpha value is -5.42. The predicted molar refractivity (Wildman–Crippen MR) is 159 cm³/mol. The van der Waals surface area contributed by atoms with Crippen LogP contribution in [-0.2, 0) is 15.0 Å². The van der Waals surface area contributed by atoms with Crippen LogP contribution in [0.2, 0.25) is 0 Å². The van der Waals surface area contributed by atoms with Gasteiger partial charge in [0.1, 0.15) is 17.3 Å². The number of alkyl halides is 6. The number of allylic oxidation sites excluding steroid dienone is 2. The molecular formula is C30H30F6N6O6. The minimum atomic E-state index is -5.08. The molecule has 5 rings (SSSR count). The SMILES string of the molecule is CCC1(c2nc3c([nH]2)-c2ccncc2Nc2ncccc2-3)C=CC=CC1N(C(=O)O)C(C)(C)C.O=C(O)C(F)(F)F.O=C(O)C(F)(F)F. The van der Waals surface area contributed by atoms with E-state index in [1.807, 2.05) is 57.2 Å². The molecule has 2 unspecified atom stereocenters. The van der Waals surface area contributed by atoms with Crippen molar-refractivity contribution >= 4 is 29.5 Å². The first-order chi connectivity index (χ1) is 22.1. The highest BCUT2D eigenvalue weighted by molar-refractivity contribution is 5.94. The van der Waals surface area contributed by atoms with Crippen molar-refractivity contribution in [1.82, 2.24) is 24.8 Å². The molecule has 12 nitrogen and oxygen atoms in total. The van der Waals surface area contributed by atoms with Gasteiger partial charge in [-0.15, -0.1) is 0 Å². The summed E-state index contributed by atoms with van der Waals surface area (Å²) in [5, 5.41) is 27.8. The molecule has 48 heavy (non-hydrogen) atoms. The van der Waals surface area contributed by atoms with Crippen LogP contribution in [0.5, 0.6) is 0 Å². The molecule has 0 saturated carbocycles. The van der Waals surface area contributed by atoms with Crippen molar-refractivity contribution in [2.45, 2.75) is 63.5 Å². The van der Waals surface area contributed by atoms with E-state index in [1.165, 1.54) is 4.90 Å².